The van der Waals surface area contributed by atoms with Crippen molar-refractivity contribution >= 4 is 29.9 Å². The van der Waals surface area contributed by atoms with Gasteiger partial charge in [-0.1, -0.05) is 24.3 Å². The van der Waals surface area contributed by atoms with E-state index in [-0.39, 0.29) is 24.0 Å². The number of methoxy groups -OCH3 is 1. The Balaban J connectivity index is 0.00000338. The number of hydrogen-bond acceptors (Lipinski definition) is 4. The molecule has 0 aliphatic heterocycles. The smallest absolute Gasteiger partial charge is 0.191 e. The SMILES string of the molecule is CCNC(=NCc1ccc(COC)cc1)NCC(C)(O)c1ccco1.I. The second-order valence-corrected chi connectivity index (χ2v) is 6.05. The maximum absolute atomic E-state index is 10.5. The number of guanidine groups is 1. The molecule has 1 atom stereocenters. The first-order valence-corrected chi connectivity index (χ1v) is 8.40. The fourth-order valence-corrected chi connectivity index (χ4v) is 2.35. The molecule has 144 valence electrons. The molecule has 0 bridgehead atoms. The van der Waals surface area contributed by atoms with Gasteiger partial charge in [0.05, 0.1) is 26.0 Å². The zero-order chi connectivity index (χ0) is 18.1. The minimum Gasteiger partial charge on any atom is -0.466 e. The lowest BCUT2D eigenvalue weighted by Crippen LogP contribution is -2.44. The summed E-state index contributed by atoms with van der Waals surface area (Å²) < 4.78 is 10.4. The lowest BCUT2D eigenvalue weighted by Gasteiger charge is -2.22. The number of ether oxygens (including phenoxy) is 1. The third-order valence-corrected chi connectivity index (χ3v) is 3.75. The second-order valence-electron chi connectivity index (χ2n) is 6.05. The van der Waals surface area contributed by atoms with E-state index in [0.717, 1.165) is 17.7 Å². The topological polar surface area (TPSA) is 79.0 Å². The van der Waals surface area contributed by atoms with Crippen molar-refractivity contribution in [3.63, 3.8) is 0 Å². The van der Waals surface area contributed by atoms with E-state index in [9.17, 15) is 5.11 Å². The van der Waals surface area contributed by atoms with Gasteiger partial charge in [0.2, 0.25) is 0 Å². The predicted molar refractivity (Wildman–Crippen MR) is 114 cm³/mol. The number of hydrogen-bond donors (Lipinski definition) is 3. The molecule has 1 aromatic carbocycles. The minimum absolute atomic E-state index is 0. The van der Waals surface area contributed by atoms with Crippen LogP contribution in [0.4, 0.5) is 0 Å². The summed E-state index contributed by atoms with van der Waals surface area (Å²) in [4.78, 5) is 4.57. The van der Waals surface area contributed by atoms with Gasteiger partial charge in [-0.25, -0.2) is 4.99 Å². The zero-order valence-corrected chi connectivity index (χ0v) is 17.8. The largest absolute Gasteiger partial charge is 0.466 e. The maximum Gasteiger partial charge on any atom is 0.191 e. The molecule has 7 heteroatoms. The number of aliphatic imine (C=N–C) groups is 1. The first-order chi connectivity index (χ1) is 12.0. The van der Waals surface area contributed by atoms with Crippen LogP contribution in [0.15, 0.2) is 52.1 Å². The van der Waals surface area contributed by atoms with Gasteiger partial charge in [0.1, 0.15) is 11.4 Å². The van der Waals surface area contributed by atoms with Gasteiger partial charge in [0.15, 0.2) is 5.96 Å². The number of furan rings is 1. The van der Waals surface area contributed by atoms with E-state index in [1.807, 2.05) is 31.2 Å². The van der Waals surface area contributed by atoms with Gasteiger partial charge >= 0.3 is 0 Å². The highest BCUT2D eigenvalue weighted by Crippen LogP contribution is 2.19. The number of aliphatic hydroxyl groups is 1. The Labute approximate surface area is 172 Å². The third kappa shape index (κ3) is 6.97. The van der Waals surface area contributed by atoms with E-state index < -0.39 is 5.60 Å². The van der Waals surface area contributed by atoms with Crippen molar-refractivity contribution in [3.05, 3.63) is 59.5 Å². The molecule has 0 radical (unpaired) electrons. The van der Waals surface area contributed by atoms with Crippen LogP contribution >= 0.6 is 24.0 Å². The van der Waals surface area contributed by atoms with Crippen LogP contribution in [0.5, 0.6) is 0 Å². The summed E-state index contributed by atoms with van der Waals surface area (Å²) in [5.41, 5.74) is 1.13. The van der Waals surface area contributed by atoms with E-state index >= 15 is 0 Å². The zero-order valence-electron chi connectivity index (χ0n) is 15.5. The van der Waals surface area contributed by atoms with Crippen molar-refractivity contribution in [2.24, 2.45) is 4.99 Å². The molecule has 0 aliphatic rings. The van der Waals surface area contributed by atoms with Gasteiger partial charge in [0.25, 0.3) is 0 Å². The molecule has 26 heavy (non-hydrogen) atoms. The van der Waals surface area contributed by atoms with Crippen LogP contribution in [0, 0.1) is 0 Å². The Kier molecular flexibility index (Phi) is 9.68. The van der Waals surface area contributed by atoms with Crippen LogP contribution in [0.25, 0.3) is 0 Å². The van der Waals surface area contributed by atoms with Crippen LogP contribution in [-0.4, -0.2) is 31.3 Å². The van der Waals surface area contributed by atoms with Gasteiger partial charge in [-0.15, -0.1) is 24.0 Å². The number of rotatable bonds is 8. The normalized spacial score (nSPS) is 13.6. The molecular weight excluding hydrogens is 445 g/mol. The number of nitrogens with zero attached hydrogens (tertiary/aromatic N) is 1. The first-order valence-electron chi connectivity index (χ1n) is 8.40. The molecule has 2 aromatic rings. The van der Waals surface area contributed by atoms with Crippen LogP contribution in [0.2, 0.25) is 0 Å². The quantitative estimate of drug-likeness (QED) is 0.312. The number of benzene rings is 1. The average Bonchev–Trinajstić information content (AvgIpc) is 3.14. The van der Waals surface area contributed by atoms with Crippen molar-refractivity contribution < 1.29 is 14.3 Å². The van der Waals surface area contributed by atoms with E-state index in [0.29, 0.717) is 31.4 Å². The fraction of sp³-hybridized carbons (Fsp3) is 0.421. The van der Waals surface area contributed by atoms with Gasteiger partial charge in [0, 0.05) is 13.7 Å². The average molecular weight is 473 g/mol. The molecule has 0 aliphatic carbocycles. The first kappa shape index (κ1) is 22.5. The summed E-state index contributed by atoms with van der Waals surface area (Å²) in [6, 6.07) is 11.7. The van der Waals surface area contributed by atoms with Gasteiger partial charge in [-0.05, 0) is 37.1 Å². The molecule has 0 saturated heterocycles. The minimum atomic E-state index is -1.11. The van der Waals surface area contributed by atoms with Gasteiger partial charge in [-0.3, -0.25) is 0 Å². The number of halogens is 1. The Morgan fingerprint density at radius 1 is 1.19 bits per heavy atom. The molecular formula is C19H28IN3O3. The third-order valence-electron chi connectivity index (χ3n) is 3.75. The molecule has 6 nitrogen and oxygen atoms in total. The molecule has 0 spiro atoms. The highest BCUT2D eigenvalue weighted by molar-refractivity contribution is 14.0. The lowest BCUT2D eigenvalue weighted by atomic mass is 10.0. The fourth-order valence-electron chi connectivity index (χ4n) is 2.35. The Morgan fingerprint density at radius 3 is 2.46 bits per heavy atom. The van der Waals surface area contributed by atoms with E-state index in [2.05, 4.69) is 15.6 Å². The summed E-state index contributed by atoms with van der Waals surface area (Å²) in [6.45, 7) is 5.89. The molecule has 0 amide bonds. The molecule has 1 heterocycles. The predicted octanol–water partition coefficient (Wildman–Crippen LogP) is 3.01. The summed E-state index contributed by atoms with van der Waals surface area (Å²) >= 11 is 0. The summed E-state index contributed by atoms with van der Waals surface area (Å²) in [7, 11) is 1.68. The van der Waals surface area contributed by atoms with Gasteiger partial charge < -0.3 is 24.9 Å². The molecule has 3 N–H and O–H groups in total. The maximum atomic E-state index is 10.5. The Morgan fingerprint density at radius 2 is 1.88 bits per heavy atom. The summed E-state index contributed by atoms with van der Waals surface area (Å²) in [6.07, 6.45) is 1.55. The molecule has 2 rings (SSSR count). The van der Waals surface area contributed by atoms with Crippen LogP contribution in [0.3, 0.4) is 0 Å². The van der Waals surface area contributed by atoms with Crippen molar-refractivity contribution in [1.29, 1.82) is 0 Å². The van der Waals surface area contributed by atoms with Crippen LogP contribution in [-0.2, 0) is 23.5 Å². The number of nitrogens with one attached hydrogen (secondary N) is 2. The van der Waals surface area contributed by atoms with E-state index in [1.165, 1.54) is 0 Å². The summed E-state index contributed by atoms with van der Waals surface area (Å²) in [5, 5.41) is 16.8. The highest BCUT2D eigenvalue weighted by Gasteiger charge is 2.26. The molecule has 0 fully saturated rings. The standard InChI is InChI=1S/C19H27N3O3.HI/c1-4-20-18(22-14-19(2,23)17-6-5-11-25-17)21-12-15-7-9-16(10-8-15)13-24-3;/h5-11,23H,4,12-14H2,1-3H3,(H2,20,21,22);1H. The highest BCUT2D eigenvalue weighted by atomic mass is 127. The van der Waals surface area contributed by atoms with Crippen molar-refractivity contribution in [2.75, 3.05) is 20.2 Å². The van der Waals surface area contributed by atoms with Gasteiger partial charge in [-0.2, -0.15) is 0 Å². The lowest BCUT2D eigenvalue weighted by molar-refractivity contribution is 0.0386. The van der Waals surface area contributed by atoms with Crippen LogP contribution in [0.1, 0.15) is 30.7 Å². The van der Waals surface area contributed by atoms with Crippen molar-refractivity contribution in [3.8, 4) is 0 Å². The second kappa shape index (κ2) is 11.2. The van der Waals surface area contributed by atoms with E-state index in [1.54, 1.807) is 32.4 Å². The molecule has 0 saturated carbocycles. The molecule has 1 aromatic heterocycles. The Bertz CT molecular complexity index is 655. The van der Waals surface area contributed by atoms with E-state index in [4.69, 9.17) is 9.15 Å². The van der Waals surface area contributed by atoms with Crippen molar-refractivity contribution in [1.82, 2.24) is 10.6 Å². The molecule has 1 unspecified atom stereocenters. The monoisotopic (exact) mass is 473 g/mol. The Hall–Kier alpha value is -1.58. The summed E-state index contributed by atoms with van der Waals surface area (Å²) in [5.74, 6) is 1.17. The van der Waals surface area contributed by atoms with Crippen LogP contribution < -0.4 is 10.6 Å². The van der Waals surface area contributed by atoms with Crippen molar-refractivity contribution in [2.45, 2.75) is 32.6 Å².